The monoisotopic (exact) mass is 359 g/mol. The number of nitrogens with one attached hydrogen (secondary N) is 1. The van der Waals surface area contributed by atoms with Crippen LogP contribution in [0.25, 0.3) is 0 Å². The van der Waals surface area contributed by atoms with Gasteiger partial charge in [0.1, 0.15) is 6.54 Å². The van der Waals surface area contributed by atoms with Gasteiger partial charge in [-0.3, -0.25) is 19.2 Å². The largest absolute Gasteiger partial charge is 0.454 e. The Morgan fingerprint density at radius 1 is 1.00 bits per heavy atom. The van der Waals surface area contributed by atoms with E-state index in [4.69, 9.17) is 4.74 Å². The van der Waals surface area contributed by atoms with E-state index in [0.29, 0.717) is 31.6 Å². The number of likely N-dealkylation sites (tertiary alicyclic amines) is 1. The zero-order valence-corrected chi connectivity index (χ0v) is 14.4. The predicted molar refractivity (Wildman–Crippen MR) is 93.4 cm³/mol. The Morgan fingerprint density at radius 3 is 2.31 bits per heavy atom. The summed E-state index contributed by atoms with van der Waals surface area (Å²) >= 11 is 0. The molecule has 0 spiro atoms. The number of carbonyl (C=O) groups is 4. The Bertz CT molecular complexity index is 716. The van der Waals surface area contributed by atoms with E-state index < -0.39 is 18.5 Å². The lowest BCUT2D eigenvalue weighted by molar-refractivity contribution is -0.150. The van der Waals surface area contributed by atoms with Crippen LogP contribution in [-0.4, -0.2) is 54.8 Å². The van der Waals surface area contributed by atoms with Crippen LogP contribution in [0.5, 0.6) is 0 Å². The average molecular weight is 359 g/mol. The van der Waals surface area contributed by atoms with Crippen molar-refractivity contribution in [2.24, 2.45) is 0 Å². The highest BCUT2D eigenvalue weighted by molar-refractivity contribution is 5.96. The molecule has 2 aliphatic heterocycles. The summed E-state index contributed by atoms with van der Waals surface area (Å²) in [6.07, 6.45) is 2.61. The molecule has 0 atom stereocenters. The second-order valence-electron chi connectivity index (χ2n) is 6.32. The van der Waals surface area contributed by atoms with E-state index in [9.17, 15) is 19.2 Å². The van der Waals surface area contributed by atoms with Gasteiger partial charge < -0.3 is 19.9 Å². The Balaban J connectivity index is 1.43. The normalized spacial score (nSPS) is 16.9. The van der Waals surface area contributed by atoms with Crippen LogP contribution < -0.4 is 10.2 Å². The van der Waals surface area contributed by atoms with Crippen molar-refractivity contribution >= 4 is 35.1 Å². The lowest BCUT2D eigenvalue weighted by Crippen LogP contribution is -2.33. The number of benzene rings is 1. The maximum Gasteiger partial charge on any atom is 0.326 e. The Kier molecular flexibility index (Phi) is 5.50. The van der Waals surface area contributed by atoms with Crippen molar-refractivity contribution in [1.82, 2.24) is 4.90 Å². The molecule has 1 N–H and O–H groups in total. The first kappa shape index (κ1) is 17.9. The molecule has 2 fully saturated rings. The molecule has 0 unspecified atom stereocenters. The van der Waals surface area contributed by atoms with Gasteiger partial charge in [-0.05, 0) is 37.1 Å². The summed E-state index contributed by atoms with van der Waals surface area (Å²) in [5.41, 5.74) is 1.35. The molecule has 0 radical (unpaired) electrons. The van der Waals surface area contributed by atoms with Crippen molar-refractivity contribution in [2.75, 3.05) is 36.5 Å². The van der Waals surface area contributed by atoms with E-state index in [1.807, 2.05) is 0 Å². The van der Waals surface area contributed by atoms with Crippen molar-refractivity contribution in [3.05, 3.63) is 24.3 Å². The molecule has 8 heteroatoms. The Labute approximate surface area is 151 Å². The molecule has 0 bridgehead atoms. The minimum atomic E-state index is -0.599. The number of anilines is 2. The van der Waals surface area contributed by atoms with Crippen molar-refractivity contribution < 1.29 is 23.9 Å². The lowest BCUT2D eigenvalue weighted by atomic mass is 10.2. The second-order valence-corrected chi connectivity index (χ2v) is 6.32. The number of carbonyl (C=O) groups excluding carboxylic acids is 4. The number of amides is 3. The first-order chi connectivity index (χ1) is 12.5. The molecule has 8 nitrogen and oxygen atoms in total. The van der Waals surface area contributed by atoms with Crippen molar-refractivity contribution in [2.45, 2.75) is 25.7 Å². The molecular formula is C18H21N3O5. The maximum atomic E-state index is 11.9. The topological polar surface area (TPSA) is 96.0 Å². The number of hydrogen-bond donors (Lipinski definition) is 1. The third-order valence-electron chi connectivity index (χ3n) is 4.39. The van der Waals surface area contributed by atoms with E-state index >= 15 is 0 Å². The summed E-state index contributed by atoms with van der Waals surface area (Å²) in [5.74, 6) is -1.03. The molecule has 2 heterocycles. The van der Waals surface area contributed by atoms with Crippen LogP contribution in [0.15, 0.2) is 24.3 Å². The number of rotatable bonds is 6. The summed E-state index contributed by atoms with van der Waals surface area (Å²) in [6, 6.07) is 6.93. The number of hydrogen-bond acceptors (Lipinski definition) is 5. The molecule has 2 saturated heterocycles. The zero-order chi connectivity index (χ0) is 18.5. The maximum absolute atomic E-state index is 11.9. The number of esters is 1. The Morgan fingerprint density at radius 2 is 1.69 bits per heavy atom. The fourth-order valence-corrected chi connectivity index (χ4v) is 3.06. The Hall–Kier alpha value is -2.90. The number of nitrogens with zero attached hydrogens (tertiary/aromatic N) is 2. The standard InChI is InChI=1S/C18H21N3O5/c22-15(12-26-18(25)11-20-9-1-3-16(20)23)19-13-5-7-14(8-6-13)21-10-2-4-17(21)24/h5-8H,1-4,9-12H2,(H,19,22). The summed E-state index contributed by atoms with van der Waals surface area (Å²) in [4.78, 5) is 49.9. The highest BCUT2D eigenvalue weighted by Gasteiger charge is 2.23. The molecule has 1 aromatic carbocycles. The molecule has 0 aliphatic carbocycles. The van der Waals surface area contributed by atoms with E-state index in [-0.39, 0.29) is 18.4 Å². The van der Waals surface area contributed by atoms with Crippen molar-refractivity contribution in [3.63, 3.8) is 0 Å². The van der Waals surface area contributed by atoms with Gasteiger partial charge in [0.2, 0.25) is 11.8 Å². The molecule has 138 valence electrons. The van der Waals surface area contributed by atoms with E-state index in [2.05, 4.69) is 5.32 Å². The fraction of sp³-hybridized carbons (Fsp3) is 0.444. The smallest absolute Gasteiger partial charge is 0.326 e. The molecule has 0 aromatic heterocycles. The van der Waals surface area contributed by atoms with Gasteiger partial charge in [0.05, 0.1) is 0 Å². The zero-order valence-electron chi connectivity index (χ0n) is 14.4. The van der Waals surface area contributed by atoms with Gasteiger partial charge in [-0.15, -0.1) is 0 Å². The molecule has 3 rings (SSSR count). The van der Waals surface area contributed by atoms with Gasteiger partial charge in [-0.2, -0.15) is 0 Å². The SMILES string of the molecule is O=C(COC(=O)CN1CCCC1=O)Nc1ccc(N2CCCC2=O)cc1. The van der Waals surface area contributed by atoms with Crippen LogP contribution in [0.2, 0.25) is 0 Å². The van der Waals surface area contributed by atoms with Gasteiger partial charge in [0, 0.05) is 37.3 Å². The van der Waals surface area contributed by atoms with Crippen LogP contribution in [-0.2, 0) is 23.9 Å². The first-order valence-corrected chi connectivity index (χ1v) is 8.66. The van der Waals surface area contributed by atoms with Crippen LogP contribution in [0.1, 0.15) is 25.7 Å². The van der Waals surface area contributed by atoms with Gasteiger partial charge in [-0.1, -0.05) is 0 Å². The minimum absolute atomic E-state index is 0.0667. The van der Waals surface area contributed by atoms with E-state index in [0.717, 1.165) is 18.5 Å². The molecule has 2 aliphatic rings. The molecular weight excluding hydrogens is 338 g/mol. The molecule has 26 heavy (non-hydrogen) atoms. The third-order valence-corrected chi connectivity index (χ3v) is 4.39. The molecule has 0 saturated carbocycles. The molecule has 1 aromatic rings. The van der Waals surface area contributed by atoms with Gasteiger partial charge in [0.15, 0.2) is 6.61 Å². The first-order valence-electron chi connectivity index (χ1n) is 8.66. The minimum Gasteiger partial charge on any atom is -0.454 e. The summed E-state index contributed by atoms with van der Waals surface area (Å²) in [6.45, 7) is 0.726. The van der Waals surface area contributed by atoms with Crippen molar-refractivity contribution in [1.29, 1.82) is 0 Å². The highest BCUT2D eigenvalue weighted by Crippen LogP contribution is 2.23. The lowest BCUT2D eigenvalue weighted by Gasteiger charge is -2.16. The highest BCUT2D eigenvalue weighted by atomic mass is 16.5. The number of ether oxygens (including phenoxy) is 1. The third kappa shape index (κ3) is 4.38. The van der Waals surface area contributed by atoms with Crippen LogP contribution in [0.3, 0.4) is 0 Å². The van der Waals surface area contributed by atoms with E-state index in [1.165, 1.54) is 4.90 Å². The van der Waals surface area contributed by atoms with Crippen LogP contribution >= 0.6 is 0 Å². The quantitative estimate of drug-likeness (QED) is 0.762. The van der Waals surface area contributed by atoms with Gasteiger partial charge >= 0.3 is 5.97 Å². The van der Waals surface area contributed by atoms with Crippen molar-refractivity contribution in [3.8, 4) is 0 Å². The predicted octanol–water partition coefficient (Wildman–Crippen LogP) is 0.917. The van der Waals surface area contributed by atoms with Crippen LogP contribution in [0, 0.1) is 0 Å². The summed E-state index contributed by atoms with van der Waals surface area (Å²) in [5, 5.41) is 2.63. The summed E-state index contributed by atoms with van der Waals surface area (Å²) < 4.78 is 4.91. The van der Waals surface area contributed by atoms with Gasteiger partial charge in [0.25, 0.3) is 5.91 Å². The summed E-state index contributed by atoms with van der Waals surface area (Å²) in [7, 11) is 0. The van der Waals surface area contributed by atoms with Gasteiger partial charge in [-0.25, -0.2) is 0 Å². The average Bonchev–Trinajstić information content (AvgIpc) is 3.22. The fourth-order valence-electron chi connectivity index (χ4n) is 3.06. The molecule has 3 amide bonds. The second kappa shape index (κ2) is 7.99. The van der Waals surface area contributed by atoms with E-state index in [1.54, 1.807) is 29.2 Å². The van der Waals surface area contributed by atoms with Crippen LogP contribution in [0.4, 0.5) is 11.4 Å².